The molecule has 27 heavy (non-hydrogen) atoms. The van der Waals surface area contributed by atoms with E-state index >= 15 is 0 Å². The number of esters is 1. The Morgan fingerprint density at radius 3 is 1.63 bits per heavy atom. The monoisotopic (exact) mass is 380 g/mol. The fourth-order valence-electron chi connectivity index (χ4n) is 3.49. The molecule has 0 aromatic carbocycles. The Morgan fingerprint density at radius 2 is 1.04 bits per heavy atom. The van der Waals surface area contributed by atoms with Crippen LogP contribution >= 0.6 is 0 Å². The molecule has 0 aliphatic carbocycles. The minimum atomic E-state index is -0.0152. The number of unbranched alkanes of at least 4 members (excludes halogenated alkanes) is 10. The van der Waals surface area contributed by atoms with Crippen molar-refractivity contribution in [2.24, 2.45) is 0 Å². The van der Waals surface area contributed by atoms with Gasteiger partial charge < -0.3 is 4.74 Å². The lowest BCUT2D eigenvalue weighted by Gasteiger charge is -2.15. The van der Waals surface area contributed by atoms with Gasteiger partial charge in [-0.25, -0.2) is 4.79 Å². The highest BCUT2D eigenvalue weighted by Crippen LogP contribution is 2.25. The highest BCUT2D eigenvalue weighted by atomic mass is 16.5. The van der Waals surface area contributed by atoms with Gasteiger partial charge >= 0.3 is 5.97 Å². The maximum Gasteiger partial charge on any atom is 0.333 e. The number of hydrogen-bond acceptors (Lipinski definition) is 2. The van der Waals surface area contributed by atoms with Gasteiger partial charge in [-0.1, -0.05) is 97.5 Å². The third-order valence-corrected chi connectivity index (χ3v) is 5.35. The Hall–Kier alpha value is -0.790. The predicted octanol–water partition coefficient (Wildman–Crippen LogP) is 8.54. The van der Waals surface area contributed by atoms with Gasteiger partial charge in [0, 0.05) is 5.57 Å². The summed E-state index contributed by atoms with van der Waals surface area (Å²) < 4.78 is 5.69. The molecule has 0 fully saturated rings. The summed E-state index contributed by atoms with van der Waals surface area (Å²) in [6.07, 6.45) is 20.1. The maximum atomic E-state index is 12.8. The molecule has 0 aliphatic rings. The summed E-state index contributed by atoms with van der Waals surface area (Å²) in [4.78, 5) is 12.8. The van der Waals surface area contributed by atoms with Gasteiger partial charge in [-0.3, -0.25) is 0 Å². The topological polar surface area (TPSA) is 26.3 Å². The average Bonchev–Trinajstić information content (AvgIpc) is 2.68. The van der Waals surface area contributed by atoms with Crippen molar-refractivity contribution in [3.8, 4) is 0 Å². The van der Waals surface area contributed by atoms with E-state index in [1.807, 2.05) is 0 Å². The molecule has 160 valence electrons. The molecule has 0 unspecified atom stereocenters. The van der Waals surface area contributed by atoms with Crippen molar-refractivity contribution in [1.29, 1.82) is 0 Å². The van der Waals surface area contributed by atoms with Crippen LogP contribution in [0.1, 0.15) is 137 Å². The molecular formula is C25H48O2. The van der Waals surface area contributed by atoms with Crippen LogP contribution < -0.4 is 0 Å². The zero-order valence-electron chi connectivity index (χ0n) is 19.0. The van der Waals surface area contributed by atoms with E-state index in [0.717, 1.165) is 44.1 Å². The van der Waals surface area contributed by atoms with Crippen molar-refractivity contribution in [1.82, 2.24) is 0 Å². The number of carbonyl (C=O) groups is 1. The quantitative estimate of drug-likeness (QED) is 0.127. The van der Waals surface area contributed by atoms with E-state index in [4.69, 9.17) is 4.74 Å². The Balaban J connectivity index is 4.75. The molecule has 0 rings (SSSR count). The molecule has 0 saturated carbocycles. The van der Waals surface area contributed by atoms with Gasteiger partial charge in [0.15, 0.2) is 0 Å². The lowest BCUT2D eigenvalue weighted by Crippen LogP contribution is -2.12. The zero-order chi connectivity index (χ0) is 20.2. The van der Waals surface area contributed by atoms with Crippen LogP contribution in [0.3, 0.4) is 0 Å². The van der Waals surface area contributed by atoms with Crippen molar-refractivity contribution in [2.75, 3.05) is 6.61 Å². The van der Waals surface area contributed by atoms with Gasteiger partial charge in [-0.15, -0.1) is 0 Å². The van der Waals surface area contributed by atoms with Crippen LogP contribution in [0.5, 0.6) is 0 Å². The molecule has 0 aliphatic heterocycles. The molecule has 0 aromatic heterocycles. The molecule has 0 heterocycles. The number of carbonyl (C=O) groups excluding carboxylic acids is 1. The molecule has 0 aromatic rings. The van der Waals surface area contributed by atoms with Crippen molar-refractivity contribution >= 4 is 5.97 Å². The van der Waals surface area contributed by atoms with Crippen LogP contribution in [0.2, 0.25) is 0 Å². The fourth-order valence-corrected chi connectivity index (χ4v) is 3.49. The molecule has 0 saturated heterocycles. The second kappa shape index (κ2) is 20.0. The SMILES string of the molecule is CCCCCCCOC(=O)C(CCCC)=C(CCCC)CCCCCCC. The first-order valence-electron chi connectivity index (χ1n) is 12.1. The highest BCUT2D eigenvalue weighted by Gasteiger charge is 2.16. The van der Waals surface area contributed by atoms with Crippen LogP contribution in [-0.2, 0) is 9.53 Å². The van der Waals surface area contributed by atoms with Gasteiger partial charge in [0.25, 0.3) is 0 Å². The van der Waals surface area contributed by atoms with E-state index in [9.17, 15) is 4.79 Å². The van der Waals surface area contributed by atoms with Crippen LogP contribution in [0.25, 0.3) is 0 Å². The van der Waals surface area contributed by atoms with Crippen molar-refractivity contribution in [3.05, 3.63) is 11.1 Å². The van der Waals surface area contributed by atoms with Crippen LogP contribution in [-0.4, -0.2) is 12.6 Å². The molecule has 0 spiro atoms. The smallest absolute Gasteiger partial charge is 0.333 e. The van der Waals surface area contributed by atoms with E-state index < -0.39 is 0 Å². The first kappa shape index (κ1) is 26.2. The highest BCUT2D eigenvalue weighted by molar-refractivity contribution is 5.89. The van der Waals surface area contributed by atoms with Crippen LogP contribution in [0.15, 0.2) is 11.1 Å². The lowest BCUT2D eigenvalue weighted by atomic mass is 9.93. The summed E-state index contributed by atoms with van der Waals surface area (Å²) in [5.74, 6) is -0.0152. The first-order valence-corrected chi connectivity index (χ1v) is 12.1. The Kier molecular flexibility index (Phi) is 19.4. The van der Waals surface area contributed by atoms with E-state index in [-0.39, 0.29) is 5.97 Å². The number of allylic oxidation sites excluding steroid dienone is 1. The molecule has 0 atom stereocenters. The Labute approximate surface area is 170 Å². The zero-order valence-corrected chi connectivity index (χ0v) is 19.0. The number of rotatable bonds is 19. The average molecular weight is 381 g/mol. The van der Waals surface area contributed by atoms with Gasteiger partial charge in [-0.05, 0) is 44.9 Å². The summed E-state index contributed by atoms with van der Waals surface area (Å²) >= 11 is 0. The van der Waals surface area contributed by atoms with E-state index in [1.165, 1.54) is 76.2 Å². The molecule has 0 bridgehead atoms. The van der Waals surface area contributed by atoms with Crippen LogP contribution in [0.4, 0.5) is 0 Å². The molecule has 0 radical (unpaired) electrons. The maximum absolute atomic E-state index is 12.8. The molecule has 0 N–H and O–H groups in total. The van der Waals surface area contributed by atoms with Crippen molar-refractivity contribution < 1.29 is 9.53 Å². The summed E-state index contributed by atoms with van der Waals surface area (Å²) in [5.41, 5.74) is 2.42. The Bertz CT molecular complexity index is 371. The standard InChI is InChI=1S/C25H48O2/c1-5-9-13-15-17-20-23(19-11-7-3)24(21-12-8-4)25(26)27-22-18-16-14-10-6-2/h5-22H2,1-4H3. The summed E-state index contributed by atoms with van der Waals surface area (Å²) in [5, 5.41) is 0. The molecular weight excluding hydrogens is 332 g/mol. The molecule has 2 heteroatoms. The van der Waals surface area contributed by atoms with E-state index in [2.05, 4.69) is 27.7 Å². The second-order valence-electron chi connectivity index (χ2n) is 8.00. The lowest BCUT2D eigenvalue weighted by molar-refractivity contribution is -0.139. The van der Waals surface area contributed by atoms with Gasteiger partial charge in [0.1, 0.15) is 0 Å². The van der Waals surface area contributed by atoms with Gasteiger partial charge in [-0.2, -0.15) is 0 Å². The van der Waals surface area contributed by atoms with Crippen LogP contribution in [0, 0.1) is 0 Å². The van der Waals surface area contributed by atoms with Crippen molar-refractivity contribution in [3.63, 3.8) is 0 Å². The third-order valence-electron chi connectivity index (χ3n) is 5.35. The van der Waals surface area contributed by atoms with E-state index in [1.54, 1.807) is 0 Å². The van der Waals surface area contributed by atoms with Gasteiger partial charge in [0.2, 0.25) is 0 Å². The van der Waals surface area contributed by atoms with E-state index in [0.29, 0.717) is 6.61 Å². The normalized spacial score (nSPS) is 12.1. The third kappa shape index (κ3) is 14.9. The number of hydrogen-bond donors (Lipinski definition) is 0. The van der Waals surface area contributed by atoms with Gasteiger partial charge in [0.05, 0.1) is 6.61 Å². The van der Waals surface area contributed by atoms with Crippen molar-refractivity contribution in [2.45, 2.75) is 137 Å². The second-order valence-corrected chi connectivity index (χ2v) is 8.00. The fraction of sp³-hybridized carbons (Fsp3) is 0.880. The summed E-state index contributed by atoms with van der Waals surface area (Å²) in [6, 6.07) is 0. The minimum absolute atomic E-state index is 0.0152. The molecule has 0 amide bonds. The predicted molar refractivity (Wildman–Crippen MR) is 119 cm³/mol. The minimum Gasteiger partial charge on any atom is -0.462 e. The summed E-state index contributed by atoms with van der Waals surface area (Å²) in [6.45, 7) is 9.51. The first-order chi connectivity index (χ1) is 13.2. The summed E-state index contributed by atoms with van der Waals surface area (Å²) in [7, 11) is 0. The Morgan fingerprint density at radius 1 is 0.556 bits per heavy atom. The molecule has 2 nitrogen and oxygen atoms in total. The largest absolute Gasteiger partial charge is 0.462 e. The number of ether oxygens (including phenoxy) is 1.